The van der Waals surface area contributed by atoms with Crippen molar-refractivity contribution in [2.75, 3.05) is 26.7 Å². The molecule has 19 heavy (non-hydrogen) atoms. The van der Waals surface area contributed by atoms with E-state index in [-0.39, 0.29) is 11.1 Å². The zero-order valence-corrected chi connectivity index (χ0v) is 11.8. The molecule has 104 valence electrons. The lowest BCUT2D eigenvalue weighted by atomic mass is 9.84. The third-order valence-corrected chi connectivity index (χ3v) is 3.42. The van der Waals surface area contributed by atoms with Crippen LogP contribution in [0, 0.1) is 0 Å². The molecule has 5 heteroatoms. The van der Waals surface area contributed by atoms with Crippen LogP contribution in [0.25, 0.3) is 11.0 Å². The van der Waals surface area contributed by atoms with E-state index in [2.05, 4.69) is 40.5 Å². The van der Waals surface area contributed by atoms with Crippen molar-refractivity contribution in [1.29, 1.82) is 0 Å². The molecule has 2 aromatic rings. The average molecular weight is 262 g/mol. The van der Waals surface area contributed by atoms with Crippen LogP contribution in [0.15, 0.2) is 23.0 Å². The van der Waals surface area contributed by atoms with Crippen LogP contribution in [0.4, 0.5) is 0 Å². The molecule has 0 bridgehead atoms. The Hall–Kier alpha value is -1.59. The highest BCUT2D eigenvalue weighted by molar-refractivity contribution is 5.75. The molecule has 4 N–H and O–H groups in total. The van der Waals surface area contributed by atoms with Gasteiger partial charge in [-0.25, -0.2) is 4.79 Å². The summed E-state index contributed by atoms with van der Waals surface area (Å²) in [7, 11) is 1.95. The molecule has 1 aromatic heterocycles. The van der Waals surface area contributed by atoms with E-state index in [0.29, 0.717) is 0 Å². The van der Waals surface area contributed by atoms with Gasteiger partial charge in [0.15, 0.2) is 0 Å². The van der Waals surface area contributed by atoms with Gasteiger partial charge in [0.05, 0.1) is 11.0 Å². The molecule has 0 fully saturated rings. The van der Waals surface area contributed by atoms with Gasteiger partial charge in [0.25, 0.3) is 0 Å². The lowest BCUT2D eigenvalue weighted by molar-refractivity contribution is 0.469. The van der Waals surface area contributed by atoms with Crippen molar-refractivity contribution in [3.05, 3.63) is 34.2 Å². The van der Waals surface area contributed by atoms with Crippen molar-refractivity contribution in [3.63, 3.8) is 0 Å². The molecule has 1 heterocycles. The molecule has 0 saturated heterocycles. The third kappa shape index (κ3) is 3.24. The van der Waals surface area contributed by atoms with Gasteiger partial charge in [-0.05, 0) is 24.7 Å². The minimum absolute atomic E-state index is 0.0239. The minimum atomic E-state index is -0.155. The first-order valence-corrected chi connectivity index (χ1v) is 6.61. The highest BCUT2D eigenvalue weighted by Gasteiger charge is 2.20. The summed E-state index contributed by atoms with van der Waals surface area (Å²) in [6.07, 6.45) is 0. The number of likely N-dealkylation sites (N-methyl/N-ethyl adjacent to an activating group) is 1. The number of fused-ring (bicyclic) bond motifs is 1. The monoisotopic (exact) mass is 262 g/mol. The molecule has 0 saturated carbocycles. The number of imidazole rings is 1. The molecule has 1 aromatic carbocycles. The number of aromatic amines is 2. The van der Waals surface area contributed by atoms with Crippen molar-refractivity contribution in [2.24, 2.45) is 0 Å². The maximum Gasteiger partial charge on any atom is 0.323 e. The lowest BCUT2D eigenvalue weighted by Crippen LogP contribution is -2.36. The van der Waals surface area contributed by atoms with Crippen LogP contribution in [0.3, 0.4) is 0 Å². The van der Waals surface area contributed by atoms with Gasteiger partial charge >= 0.3 is 5.69 Å². The summed E-state index contributed by atoms with van der Waals surface area (Å²) < 4.78 is 0. The SMILES string of the molecule is CNCCNCC(C)(C)c1ccc2[nH]c(=O)[nH]c2c1. The van der Waals surface area contributed by atoms with Gasteiger partial charge in [0.1, 0.15) is 0 Å². The van der Waals surface area contributed by atoms with E-state index in [9.17, 15) is 4.79 Å². The summed E-state index contributed by atoms with van der Waals surface area (Å²) in [6, 6.07) is 6.08. The summed E-state index contributed by atoms with van der Waals surface area (Å²) in [5.74, 6) is 0. The molecule has 0 unspecified atom stereocenters. The molecule has 0 atom stereocenters. The molecule has 5 nitrogen and oxygen atoms in total. The number of aromatic nitrogens is 2. The Bertz CT molecular complexity index is 597. The van der Waals surface area contributed by atoms with E-state index in [0.717, 1.165) is 30.7 Å². The summed E-state index contributed by atoms with van der Waals surface area (Å²) in [5, 5.41) is 6.55. The Morgan fingerprint density at radius 1 is 1.16 bits per heavy atom. The first kappa shape index (κ1) is 13.8. The van der Waals surface area contributed by atoms with Gasteiger partial charge in [0.2, 0.25) is 0 Å². The van der Waals surface area contributed by atoms with Crippen LogP contribution in [0.2, 0.25) is 0 Å². The number of benzene rings is 1. The maximum atomic E-state index is 11.3. The van der Waals surface area contributed by atoms with E-state index in [4.69, 9.17) is 0 Å². The van der Waals surface area contributed by atoms with E-state index in [1.54, 1.807) is 0 Å². The van der Waals surface area contributed by atoms with Crippen molar-refractivity contribution >= 4 is 11.0 Å². The second kappa shape index (κ2) is 5.59. The highest BCUT2D eigenvalue weighted by Crippen LogP contribution is 2.24. The Labute approximate surface area is 112 Å². The molecular weight excluding hydrogens is 240 g/mol. The van der Waals surface area contributed by atoms with Crippen molar-refractivity contribution in [2.45, 2.75) is 19.3 Å². The largest absolute Gasteiger partial charge is 0.323 e. The van der Waals surface area contributed by atoms with Crippen molar-refractivity contribution < 1.29 is 0 Å². The predicted molar refractivity (Wildman–Crippen MR) is 78.7 cm³/mol. The smallest absolute Gasteiger partial charge is 0.318 e. The van der Waals surface area contributed by atoms with Gasteiger partial charge in [-0.3, -0.25) is 0 Å². The van der Waals surface area contributed by atoms with E-state index < -0.39 is 0 Å². The fourth-order valence-corrected chi connectivity index (χ4v) is 2.17. The van der Waals surface area contributed by atoms with Gasteiger partial charge in [-0.1, -0.05) is 19.9 Å². The topological polar surface area (TPSA) is 72.7 Å². The van der Waals surface area contributed by atoms with E-state index in [1.165, 1.54) is 5.56 Å². The quantitative estimate of drug-likeness (QED) is 0.586. The van der Waals surface area contributed by atoms with Crippen molar-refractivity contribution in [1.82, 2.24) is 20.6 Å². The summed E-state index contributed by atoms with van der Waals surface area (Å²) in [5.41, 5.74) is 2.80. The molecule has 0 aliphatic rings. The van der Waals surface area contributed by atoms with E-state index in [1.807, 2.05) is 19.2 Å². The summed E-state index contributed by atoms with van der Waals surface area (Å²) in [6.45, 7) is 7.20. The van der Waals surface area contributed by atoms with Crippen LogP contribution in [0.1, 0.15) is 19.4 Å². The van der Waals surface area contributed by atoms with Crippen LogP contribution >= 0.6 is 0 Å². The fourth-order valence-electron chi connectivity index (χ4n) is 2.17. The molecule has 2 rings (SSSR count). The maximum absolute atomic E-state index is 11.3. The van der Waals surface area contributed by atoms with Crippen LogP contribution in [-0.4, -0.2) is 36.6 Å². The summed E-state index contributed by atoms with van der Waals surface area (Å²) >= 11 is 0. The Morgan fingerprint density at radius 2 is 1.89 bits per heavy atom. The van der Waals surface area contributed by atoms with Gasteiger partial charge < -0.3 is 20.6 Å². The minimum Gasteiger partial charge on any atom is -0.318 e. The van der Waals surface area contributed by atoms with Crippen LogP contribution in [0.5, 0.6) is 0 Å². The average Bonchev–Trinajstić information content (AvgIpc) is 2.73. The number of hydrogen-bond acceptors (Lipinski definition) is 3. The number of nitrogens with one attached hydrogen (secondary N) is 4. The van der Waals surface area contributed by atoms with Crippen LogP contribution < -0.4 is 16.3 Å². The van der Waals surface area contributed by atoms with Crippen LogP contribution in [-0.2, 0) is 5.41 Å². The fraction of sp³-hybridized carbons (Fsp3) is 0.500. The number of H-pyrrole nitrogens is 2. The second-order valence-electron chi connectivity index (χ2n) is 5.50. The number of rotatable bonds is 6. The van der Waals surface area contributed by atoms with Gasteiger partial charge in [0, 0.05) is 25.0 Å². The molecule has 0 aliphatic heterocycles. The molecule has 0 spiro atoms. The predicted octanol–water partition coefficient (Wildman–Crippen LogP) is 0.943. The number of hydrogen-bond donors (Lipinski definition) is 4. The Balaban J connectivity index is 2.14. The van der Waals surface area contributed by atoms with Crippen molar-refractivity contribution in [3.8, 4) is 0 Å². The van der Waals surface area contributed by atoms with E-state index >= 15 is 0 Å². The van der Waals surface area contributed by atoms with Gasteiger partial charge in [-0.2, -0.15) is 0 Å². The molecular formula is C14H22N4O. The Kier molecular flexibility index (Phi) is 4.07. The normalized spacial score (nSPS) is 12.2. The van der Waals surface area contributed by atoms with Gasteiger partial charge in [-0.15, -0.1) is 0 Å². The zero-order chi connectivity index (χ0) is 13.9. The Morgan fingerprint density at radius 3 is 2.63 bits per heavy atom. The first-order valence-electron chi connectivity index (χ1n) is 6.61. The lowest BCUT2D eigenvalue weighted by Gasteiger charge is -2.26. The third-order valence-electron chi connectivity index (χ3n) is 3.42. The zero-order valence-electron chi connectivity index (χ0n) is 11.8. The molecule has 0 aliphatic carbocycles. The first-order chi connectivity index (χ1) is 9.03. The molecule has 0 amide bonds. The highest BCUT2D eigenvalue weighted by atomic mass is 16.1. The molecule has 0 radical (unpaired) electrons. The summed E-state index contributed by atoms with van der Waals surface area (Å²) in [4.78, 5) is 16.8. The standard InChI is InChI=1S/C14H22N4O/c1-14(2,9-16-7-6-15-3)10-4-5-11-12(8-10)18-13(19)17-11/h4-5,8,15-16H,6-7,9H2,1-3H3,(H2,17,18,19). The second-order valence-corrected chi connectivity index (χ2v) is 5.50.